The second-order valence-electron chi connectivity index (χ2n) is 7.54. The number of aliphatic imine (C=N–C) groups is 1. The number of hydrogen-bond acceptors (Lipinski definition) is 4. The van der Waals surface area contributed by atoms with Gasteiger partial charge in [0, 0.05) is 45.7 Å². The zero-order valence-corrected chi connectivity index (χ0v) is 19.1. The van der Waals surface area contributed by atoms with Crippen LogP contribution >= 0.6 is 0 Å². The van der Waals surface area contributed by atoms with E-state index in [0.29, 0.717) is 19.5 Å². The fourth-order valence-electron chi connectivity index (χ4n) is 3.74. The van der Waals surface area contributed by atoms with Gasteiger partial charge in [-0.1, -0.05) is 29.8 Å². The lowest BCUT2D eigenvalue weighted by Crippen LogP contribution is -2.42. The monoisotopic (exact) mass is 417 g/mol. The van der Waals surface area contributed by atoms with Crippen molar-refractivity contribution in [1.82, 2.24) is 20.4 Å². The van der Waals surface area contributed by atoms with Crippen LogP contribution in [0.4, 0.5) is 0 Å². The average Bonchev–Trinajstić information content (AvgIpc) is 2.75. The molecule has 0 aromatic heterocycles. The molecule has 1 unspecified atom stereocenters. The molecule has 1 aliphatic heterocycles. The molecule has 1 heterocycles. The van der Waals surface area contributed by atoms with Gasteiger partial charge in [0.1, 0.15) is 0 Å². The zero-order chi connectivity index (χ0) is 21.8. The summed E-state index contributed by atoms with van der Waals surface area (Å²) in [6, 6.07) is 8.89. The number of carbonyl (C=O) groups is 1. The first-order valence-electron chi connectivity index (χ1n) is 11.3. The van der Waals surface area contributed by atoms with Gasteiger partial charge in [0.15, 0.2) is 5.96 Å². The van der Waals surface area contributed by atoms with Gasteiger partial charge in [0.2, 0.25) is 5.91 Å². The zero-order valence-electron chi connectivity index (χ0n) is 19.1. The van der Waals surface area contributed by atoms with Crippen molar-refractivity contribution >= 4 is 11.9 Å². The molecule has 0 aliphatic carbocycles. The van der Waals surface area contributed by atoms with E-state index in [1.807, 2.05) is 18.7 Å². The van der Waals surface area contributed by atoms with Gasteiger partial charge in [0.05, 0.1) is 25.8 Å². The van der Waals surface area contributed by atoms with Crippen LogP contribution in [-0.4, -0.2) is 80.7 Å². The van der Waals surface area contributed by atoms with Gasteiger partial charge in [-0.25, -0.2) is 0 Å². The number of nitrogens with zero attached hydrogens (tertiary/aromatic N) is 3. The number of hydrogen-bond donors (Lipinski definition) is 2. The molecule has 1 aromatic carbocycles. The number of amides is 1. The van der Waals surface area contributed by atoms with Crippen molar-refractivity contribution in [2.24, 2.45) is 4.99 Å². The average molecular weight is 418 g/mol. The number of aryl methyl sites for hydroxylation is 1. The minimum absolute atomic E-state index is 0.175. The lowest BCUT2D eigenvalue weighted by atomic mass is 10.0. The quantitative estimate of drug-likeness (QED) is 0.451. The molecule has 2 N–H and O–H groups in total. The number of benzene rings is 1. The maximum Gasteiger partial charge on any atom is 0.224 e. The summed E-state index contributed by atoms with van der Waals surface area (Å²) in [5, 5.41) is 6.63. The summed E-state index contributed by atoms with van der Waals surface area (Å²) >= 11 is 0. The Morgan fingerprint density at radius 1 is 1.20 bits per heavy atom. The highest BCUT2D eigenvalue weighted by Crippen LogP contribution is 2.23. The van der Waals surface area contributed by atoms with E-state index in [1.165, 1.54) is 11.1 Å². The van der Waals surface area contributed by atoms with Crippen molar-refractivity contribution < 1.29 is 9.53 Å². The van der Waals surface area contributed by atoms with Crippen molar-refractivity contribution in [3.8, 4) is 0 Å². The van der Waals surface area contributed by atoms with Crippen molar-refractivity contribution in [1.29, 1.82) is 0 Å². The largest absolute Gasteiger partial charge is 0.379 e. The Kier molecular flexibility index (Phi) is 10.7. The van der Waals surface area contributed by atoms with Crippen LogP contribution in [0.3, 0.4) is 0 Å². The number of nitrogens with one attached hydrogen (secondary N) is 2. The number of carbonyl (C=O) groups excluding carboxylic acids is 1. The van der Waals surface area contributed by atoms with Crippen LogP contribution in [0.2, 0.25) is 0 Å². The lowest BCUT2D eigenvalue weighted by molar-refractivity contribution is -0.130. The second kappa shape index (κ2) is 13.2. The molecule has 1 amide bonds. The molecular weight excluding hydrogens is 378 g/mol. The third-order valence-corrected chi connectivity index (χ3v) is 5.43. The van der Waals surface area contributed by atoms with E-state index in [-0.39, 0.29) is 11.9 Å². The smallest absolute Gasteiger partial charge is 0.224 e. The van der Waals surface area contributed by atoms with Crippen LogP contribution in [-0.2, 0) is 9.53 Å². The Morgan fingerprint density at radius 3 is 2.57 bits per heavy atom. The van der Waals surface area contributed by atoms with E-state index in [4.69, 9.17) is 9.73 Å². The molecule has 7 nitrogen and oxygen atoms in total. The second-order valence-corrected chi connectivity index (χ2v) is 7.54. The van der Waals surface area contributed by atoms with Crippen LogP contribution in [0, 0.1) is 6.92 Å². The van der Waals surface area contributed by atoms with Crippen molar-refractivity contribution in [3.05, 3.63) is 35.4 Å². The van der Waals surface area contributed by atoms with Crippen molar-refractivity contribution in [2.45, 2.75) is 40.2 Å². The molecule has 1 fully saturated rings. The van der Waals surface area contributed by atoms with Gasteiger partial charge >= 0.3 is 0 Å². The maximum atomic E-state index is 12.2. The maximum absolute atomic E-state index is 12.2. The SMILES string of the molecule is CCNC(=NCC(c1cccc(C)c1)N1CCOCC1)NCCC(=O)N(CC)CC. The predicted octanol–water partition coefficient (Wildman–Crippen LogP) is 2.18. The molecule has 2 rings (SSSR count). The van der Waals surface area contributed by atoms with Gasteiger partial charge in [-0.05, 0) is 33.3 Å². The number of morpholine rings is 1. The summed E-state index contributed by atoms with van der Waals surface area (Å²) < 4.78 is 5.55. The summed E-state index contributed by atoms with van der Waals surface area (Å²) in [7, 11) is 0. The Bertz CT molecular complexity index is 669. The predicted molar refractivity (Wildman–Crippen MR) is 123 cm³/mol. The van der Waals surface area contributed by atoms with Crippen LogP contribution in [0.1, 0.15) is 44.4 Å². The topological polar surface area (TPSA) is 69.2 Å². The Morgan fingerprint density at radius 2 is 1.93 bits per heavy atom. The van der Waals surface area contributed by atoms with E-state index < -0.39 is 0 Å². The van der Waals surface area contributed by atoms with E-state index in [2.05, 4.69) is 53.6 Å². The molecule has 1 atom stereocenters. The Labute approximate surface area is 181 Å². The summed E-state index contributed by atoms with van der Waals surface area (Å²) in [6.45, 7) is 15.1. The van der Waals surface area contributed by atoms with Crippen LogP contribution in [0.25, 0.3) is 0 Å². The fourth-order valence-corrected chi connectivity index (χ4v) is 3.74. The highest BCUT2D eigenvalue weighted by Gasteiger charge is 2.22. The molecule has 0 radical (unpaired) electrons. The first-order chi connectivity index (χ1) is 14.6. The molecule has 7 heteroatoms. The first-order valence-corrected chi connectivity index (χ1v) is 11.3. The van der Waals surface area contributed by atoms with E-state index >= 15 is 0 Å². The molecule has 1 saturated heterocycles. The van der Waals surface area contributed by atoms with Gasteiger partial charge in [-0.3, -0.25) is 14.7 Å². The van der Waals surface area contributed by atoms with Gasteiger partial charge < -0.3 is 20.3 Å². The minimum atomic E-state index is 0.175. The number of guanidine groups is 1. The number of rotatable bonds is 10. The van der Waals surface area contributed by atoms with Gasteiger partial charge in [-0.15, -0.1) is 0 Å². The van der Waals surface area contributed by atoms with E-state index in [9.17, 15) is 4.79 Å². The third-order valence-electron chi connectivity index (χ3n) is 5.43. The Hall–Kier alpha value is -2.12. The standard InChI is InChI=1S/C23H39N5O2/c1-5-24-23(25-12-11-22(29)27(6-2)7-3)26-18-21(28-13-15-30-16-14-28)20-10-8-9-19(4)17-20/h8-10,17,21H,5-7,11-16,18H2,1-4H3,(H2,24,25,26). The van der Waals surface area contributed by atoms with Crippen LogP contribution in [0.15, 0.2) is 29.3 Å². The molecule has 1 aromatic rings. The molecule has 168 valence electrons. The molecule has 1 aliphatic rings. The van der Waals surface area contributed by atoms with Gasteiger partial charge in [0.25, 0.3) is 0 Å². The fraction of sp³-hybridized carbons (Fsp3) is 0.652. The number of ether oxygens (including phenoxy) is 1. The Balaban J connectivity index is 2.04. The van der Waals surface area contributed by atoms with E-state index in [1.54, 1.807) is 0 Å². The first kappa shape index (κ1) is 24.2. The van der Waals surface area contributed by atoms with Crippen LogP contribution in [0.5, 0.6) is 0 Å². The molecule has 30 heavy (non-hydrogen) atoms. The van der Waals surface area contributed by atoms with Gasteiger partial charge in [-0.2, -0.15) is 0 Å². The van der Waals surface area contributed by atoms with E-state index in [0.717, 1.165) is 51.9 Å². The third kappa shape index (κ3) is 7.61. The normalized spacial score (nSPS) is 16.2. The molecule has 0 spiro atoms. The molecular formula is C23H39N5O2. The van der Waals surface area contributed by atoms with Crippen LogP contribution < -0.4 is 10.6 Å². The van der Waals surface area contributed by atoms with Crippen molar-refractivity contribution in [3.63, 3.8) is 0 Å². The minimum Gasteiger partial charge on any atom is -0.379 e. The lowest BCUT2D eigenvalue weighted by Gasteiger charge is -2.34. The molecule has 0 saturated carbocycles. The summed E-state index contributed by atoms with van der Waals surface area (Å²) in [4.78, 5) is 21.4. The summed E-state index contributed by atoms with van der Waals surface area (Å²) in [5.41, 5.74) is 2.54. The highest BCUT2D eigenvalue weighted by molar-refractivity contribution is 5.81. The highest BCUT2D eigenvalue weighted by atomic mass is 16.5. The van der Waals surface area contributed by atoms with Crippen molar-refractivity contribution in [2.75, 3.05) is 59.0 Å². The molecule has 0 bridgehead atoms. The summed E-state index contributed by atoms with van der Waals surface area (Å²) in [6.07, 6.45) is 0.469. The summed E-state index contributed by atoms with van der Waals surface area (Å²) in [5.74, 6) is 0.935.